The summed E-state index contributed by atoms with van der Waals surface area (Å²) in [5.41, 5.74) is 1.96. The number of methoxy groups -OCH3 is 1. The molecule has 8 nitrogen and oxygen atoms in total. The lowest BCUT2D eigenvalue weighted by atomic mass is 9.72. The lowest BCUT2D eigenvalue weighted by Gasteiger charge is -2.33. The van der Waals surface area contributed by atoms with Gasteiger partial charge in [-0.25, -0.2) is 0 Å². The van der Waals surface area contributed by atoms with Gasteiger partial charge in [-0.05, 0) is 67.3 Å². The van der Waals surface area contributed by atoms with E-state index in [-0.39, 0.29) is 23.7 Å². The maximum Gasteiger partial charge on any atom is 0.235 e. The number of anilines is 1. The van der Waals surface area contributed by atoms with E-state index in [1.807, 2.05) is 35.8 Å². The number of fused-ring (bicyclic) bond motifs is 1. The van der Waals surface area contributed by atoms with Gasteiger partial charge in [-0.1, -0.05) is 32.5 Å². The Morgan fingerprint density at radius 2 is 2.00 bits per heavy atom. The van der Waals surface area contributed by atoms with Gasteiger partial charge < -0.3 is 19.4 Å². The van der Waals surface area contributed by atoms with Gasteiger partial charge in [0.2, 0.25) is 5.91 Å². The molecule has 3 aromatic rings. The molecule has 0 radical (unpaired) electrons. The highest BCUT2D eigenvalue weighted by Crippen LogP contribution is 2.44. The van der Waals surface area contributed by atoms with Crippen LogP contribution < -0.4 is 14.8 Å². The molecule has 1 aliphatic rings. The topological polar surface area (TPSA) is 102 Å². The van der Waals surface area contributed by atoms with E-state index in [9.17, 15) is 10.1 Å². The number of carbonyl (C=O) groups excluding carboxylic acids is 1. The van der Waals surface area contributed by atoms with Crippen LogP contribution in [0.1, 0.15) is 55.9 Å². The Hall–Kier alpha value is -3.03. The van der Waals surface area contributed by atoms with E-state index >= 15 is 0 Å². The van der Waals surface area contributed by atoms with E-state index in [4.69, 9.17) is 9.47 Å². The third-order valence-electron chi connectivity index (χ3n) is 6.72. The molecule has 1 aliphatic carbocycles. The number of rotatable bonds is 9. The molecule has 0 unspecified atom stereocenters. The molecule has 2 aromatic heterocycles. The molecule has 0 fully saturated rings. The van der Waals surface area contributed by atoms with Crippen molar-refractivity contribution in [2.45, 2.75) is 65.3 Å². The maximum atomic E-state index is 12.8. The fourth-order valence-corrected chi connectivity index (χ4v) is 6.61. The van der Waals surface area contributed by atoms with Crippen LogP contribution in [0.2, 0.25) is 0 Å². The van der Waals surface area contributed by atoms with Gasteiger partial charge in [0.25, 0.3) is 0 Å². The number of hydrogen-bond acceptors (Lipinski definition) is 8. The molecule has 2 heterocycles. The van der Waals surface area contributed by atoms with Crippen molar-refractivity contribution in [3.63, 3.8) is 0 Å². The molecule has 0 saturated heterocycles. The molecule has 0 aliphatic heterocycles. The SMILES string of the molecule is CCn1c(COc2ccc(OC)cc2)nnc1SCC(=O)Nc1sc2c(c1C#N)CC[C@@H](C(C)(C)C)C2. The van der Waals surface area contributed by atoms with E-state index < -0.39 is 0 Å². The third-order valence-corrected chi connectivity index (χ3v) is 8.86. The van der Waals surface area contributed by atoms with Crippen molar-refractivity contribution in [1.82, 2.24) is 14.8 Å². The number of nitrogens with one attached hydrogen (secondary N) is 1. The first-order chi connectivity index (χ1) is 17.7. The smallest absolute Gasteiger partial charge is 0.235 e. The lowest BCUT2D eigenvalue weighted by molar-refractivity contribution is -0.113. The monoisotopic (exact) mass is 539 g/mol. The second kappa shape index (κ2) is 11.6. The van der Waals surface area contributed by atoms with Crippen molar-refractivity contribution in [2.75, 3.05) is 18.2 Å². The van der Waals surface area contributed by atoms with Gasteiger partial charge in [0.1, 0.15) is 29.2 Å². The quantitative estimate of drug-likeness (QED) is 0.348. The van der Waals surface area contributed by atoms with Gasteiger partial charge >= 0.3 is 0 Å². The molecule has 1 aromatic carbocycles. The molecule has 4 rings (SSSR count). The zero-order valence-electron chi connectivity index (χ0n) is 22.0. The molecule has 1 N–H and O–H groups in total. The number of amides is 1. The highest BCUT2D eigenvalue weighted by molar-refractivity contribution is 7.99. The Morgan fingerprint density at radius 1 is 1.27 bits per heavy atom. The summed E-state index contributed by atoms with van der Waals surface area (Å²) in [4.78, 5) is 14.1. The van der Waals surface area contributed by atoms with Crippen LogP contribution in [0, 0.1) is 22.7 Å². The van der Waals surface area contributed by atoms with Gasteiger partial charge in [0, 0.05) is 11.4 Å². The van der Waals surface area contributed by atoms with Crippen molar-refractivity contribution < 1.29 is 14.3 Å². The number of hydrogen-bond donors (Lipinski definition) is 1. The third kappa shape index (κ3) is 6.28. The molecule has 37 heavy (non-hydrogen) atoms. The number of carbonyl (C=O) groups is 1. The average Bonchev–Trinajstić information content (AvgIpc) is 3.44. The first-order valence-corrected chi connectivity index (χ1v) is 14.2. The number of thiophene rings is 1. The Labute approximate surface area is 226 Å². The maximum absolute atomic E-state index is 12.8. The summed E-state index contributed by atoms with van der Waals surface area (Å²) in [6, 6.07) is 9.69. The van der Waals surface area contributed by atoms with Crippen molar-refractivity contribution in [2.24, 2.45) is 11.3 Å². The number of nitriles is 1. The Balaban J connectivity index is 1.37. The predicted octanol–water partition coefficient (Wildman–Crippen LogP) is 5.70. The van der Waals surface area contributed by atoms with Crippen LogP contribution in [0.4, 0.5) is 5.00 Å². The summed E-state index contributed by atoms with van der Waals surface area (Å²) in [7, 11) is 1.62. The summed E-state index contributed by atoms with van der Waals surface area (Å²) in [5.74, 6) is 2.75. The normalized spacial score (nSPS) is 15.1. The fraction of sp³-hybridized carbons (Fsp3) is 0.481. The van der Waals surface area contributed by atoms with Crippen molar-refractivity contribution in [1.29, 1.82) is 5.26 Å². The molecule has 10 heteroatoms. The van der Waals surface area contributed by atoms with Crippen molar-refractivity contribution in [3.8, 4) is 17.6 Å². The van der Waals surface area contributed by atoms with E-state index in [1.54, 1.807) is 18.4 Å². The molecular formula is C27H33N5O3S2. The summed E-state index contributed by atoms with van der Waals surface area (Å²) in [5, 5.41) is 22.6. The van der Waals surface area contributed by atoms with E-state index in [0.29, 0.717) is 39.8 Å². The predicted molar refractivity (Wildman–Crippen MR) is 146 cm³/mol. The molecular weight excluding hydrogens is 506 g/mol. The second-order valence-corrected chi connectivity index (χ2v) is 12.1. The fourth-order valence-electron chi connectivity index (χ4n) is 4.49. The van der Waals surface area contributed by atoms with Gasteiger partial charge in [0.05, 0.1) is 18.4 Å². The van der Waals surface area contributed by atoms with Crippen LogP contribution in [0.3, 0.4) is 0 Å². The van der Waals surface area contributed by atoms with Gasteiger partial charge in [-0.3, -0.25) is 4.79 Å². The highest BCUT2D eigenvalue weighted by Gasteiger charge is 2.32. The van der Waals surface area contributed by atoms with Crippen LogP contribution in [-0.4, -0.2) is 33.5 Å². The number of benzene rings is 1. The van der Waals surface area contributed by atoms with E-state index in [2.05, 4.69) is 42.4 Å². The van der Waals surface area contributed by atoms with Crippen LogP contribution >= 0.6 is 23.1 Å². The zero-order valence-corrected chi connectivity index (χ0v) is 23.6. The van der Waals surface area contributed by atoms with E-state index in [0.717, 1.165) is 30.6 Å². The van der Waals surface area contributed by atoms with Gasteiger partial charge in [-0.15, -0.1) is 21.5 Å². The summed E-state index contributed by atoms with van der Waals surface area (Å²) in [6.45, 7) is 9.74. The van der Waals surface area contributed by atoms with Crippen molar-refractivity contribution in [3.05, 3.63) is 46.1 Å². The first-order valence-electron chi connectivity index (χ1n) is 12.4. The Morgan fingerprint density at radius 3 is 2.65 bits per heavy atom. The minimum atomic E-state index is -0.158. The highest BCUT2D eigenvalue weighted by atomic mass is 32.2. The lowest BCUT2D eigenvalue weighted by Crippen LogP contribution is -2.26. The minimum absolute atomic E-state index is 0.158. The van der Waals surface area contributed by atoms with Crippen LogP contribution in [0.15, 0.2) is 29.4 Å². The standard InChI is InChI=1S/C27H33N5O3S2/c1-6-32-23(15-35-19-10-8-18(34-5)9-11-19)30-31-26(32)36-16-24(33)29-25-21(14-28)20-12-7-17(27(2,3)4)13-22(20)37-25/h8-11,17H,6-7,12-13,15-16H2,1-5H3,(H,29,33)/t17-/m1/s1. The van der Waals surface area contributed by atoms with Crippen LogP contribution in [0.25, 0.3) is 0 Å². The van der Waals surface area contributed by atoms with E-state index in [1.165, 1.54) is 16.6 Å². The van der Waals surface area contributed by atoms with Crippen LogP contribution in [0.5, 0.6) is 11.5 Å². The molecule has 1 amide bonds. The summed E-state index contributed by atoms with van der Waals surface area (Å²) in [6.07, 6.45) is 2.92. The number of aromatic nitrogens is 3. The second-order valence-electron chi connectivity index (χ2n) is 10.1. The molecule has 0 saturated carbocycles. The molecule has 0 spiro atoms. The Kier molecular flexibility index (Phi) is 8.45. The molecule has 1 atom stereocenters. The van der Waals surface area contributed by atoms with Gasteiger partial charge in [0.15, 0.2) is 11.0 Å². The average molecular weight is 540 g/mol. The largest absolute Gasteiger partial charge is 0.497 e. The summed E-state index contributed by atoms with van der Waals surface area (Å²) < 4.78 is 13.0. The summed E-state index contributed by atoms with van der Waals surface area (Å²) >= 11 is 2.88. The molecule has 0 bridgehead atoms. The minimum Gasteiger partial charge on any atom is -0.497 e. The number of nitrogens with zero attached hydrogens (tertiary/aromatic N) is 4. The first kappa shape index (κ1) is 27.0. The zero-order chi connectivity index (χ0) is 26.6. The number of thioether (sulfide) groups is 1. The number of ether oxygens (including phenoxy) is 2. The van der Waals surface area contributed by atoms with Crippen LogP contribution in [-0.2, 0) is 30.8 Å². The van der Waals surface area contributed by atoms with Gasteiger partial charge in [-0.2, -0.15) is 5.26 Å². The van der Waals surface area contributed by atoms with Crippen molar-refractivity contribution >= 4 is 34.0 Å². The Bertz CT molecular complexity index is 1290. The molecule has 196 valence electrons.